The number of thiazole rings is 1. The Kier molecular flexibility index (Phi) is 7.83. The van der Waals surface area contributed by atoms with Gasteiger partial charge in [0, 0.05) is 44.8 Å². The Morgan fingerprint density at radius 2 is 2.14 bits per heavy atom. The number of carbonyl (C=O) groups excluding carboxylic acids is 3. The number of nitrogens with one attached hydrogen (secondary N) is 2. The summed E-state index contributed by atoms with van der Waals surface area (Å²) in [5, 5.41) is 30.2. The smallest absolute Gasteiger partial charge is 0.276 e. The number of hydrogen-bond acceptors (Lipinski definition) is 12. The van der Waals surface area contributed by atoms with E-state index in [0.29, 0.717) is 23.4 Å². The van der Waals surface area contributed by atoms with Crippen LogP contribution in [0.15, 0.2) is 64.0 Å². The molecule has 6 N–H and O–H groups in total. The van der Waals surface area contributed by atoms with Crippen molar-refractivity contribution >= 4 is 79.8 Å². The normalized spacial score (nSPS) is 18.2. The first kappa shape index (κ1) is 29.3. The van der Waals surface area contributed by atoms with E-state index in [-0.39, 0.29) is 34.6 Å². The average molecular weight is 652 g/mol. The Labute approximate surface area is 262 Å². The molecule has 44 heavy (non-hydrogen) atoms. The van der Waals surface area contributed by atoms with Crippen LogP contribution >= 0.6 is 34.4 Å². The van der Waals surface area contributed by atoms with Gasteiger partial charge in [-0.2, -0.15) is 0 Å². The molecule has 1 saturated heterocycles. The lowest BCUT2D eigenvalue weighted by Gasteiger charge is -2.50. The summed E-state index contributed by atoms with van der Waals surface area (Å²) in [6.07, 6.45) is 5.74. The summed E-state index contributed by atoms with van der Waals surface area (Å²) in [6, 6.07) is 4.85. The zero-order valence-corrected chi connectivity index (χ0v) is 25.5. The molecule has 0 aliphatic carbocycles. The van der Waals surface area contributed by atoms with Gasteiger partial charge in [0.05, 0.1) is 29.1 Å². The number of anilines is 1. The van der Waals surface area contributed by atoms with E-state index in [2.05, 4.69) is 20.0 Å². The highest BCUT2D eigenvalue weighted by atomic mass is 32.2. The van der Waals surface area contributed by atoms with Crippen molar-refractivity contribution in [3.05, 3.63) is 75.0 Å². The highest BCUT2D eigenvalue weighted by molar-refractivity contribution is 8.00. The molecule has 2 aliphatic rings. The Hall–Kier alpha value is -4.74. The summed E-state index contributed by atoms with van der Waals surface area (Å²) in [5.74, 6) is -2.38. The molecule has 6 heterocycles. The van der Waals surface area contributed by atoms with Gasteiger partial charge in [0.1, 0.15) is 30.1 Å². The fraction of sp³-hybridized carbons (Fsp3) is 0.222. The summed E-state index contributed by atoms with van der Waals surface area (Å²) in [6.45, 7) is 0.850. The van der Waals surface area contributed by atoms with Crippen molar-refractivity contribution in [2.45, 2.75) is 24.5 Å². The lowest BCUT2D eigenvalue weighted by molar-refractivity contribution is -0.687. The number of amidine groups is 1. The molecule has 14 nitrogen and oxygen atoms in total. The van der Waals surface area contributed by atoms with E-state index in [1.54, 1.807) is 5.38 Å². The molecule has 6 rings (SSSR count). The van der Waals surface area contributed by atoms with Crippen LogP contribution in [0.25, 0.3) is 10.9 Å². The maximum absolute atomic E-state index is 13.2. The number of carboxylic acids is 1. The molecule has 2 amide bonds. The van der Waals surface area contributed by atoms with Crippen molar-refractivity contribution < 1.29 is 28.9 Å². The number of nitrogens with two attached hydrogens (primary N) is 2. The fourth-order valence-electron chi connectivity index (χ4n) is 5.12. The zero-order chi connectivity index (χ0) is 31.1. The van der Waals surface area contributed by atoms with Crippen molar-refractivity contribution in [3.8, 4) is 0 Å². The Balaban J connectivity index is 1.18. The van der Waals surface area contributed by atoms with E-state index in [1.165, 1.54) is 35.1 Å². The summed E-state index contributed by atoms with van der Waals surface area (Å²) < 4.78 is 3.95. The molecule has 0 spiro atoms. The van der Waals surface area contributed by atoms with Crippen molar-refractivity contribution in [1.82, 2.24) is 19.8 Å². The number of fused-ring (bicyclic) bond motifs is 2. The van der Waals surface area contributed by atoms with Gasteiger partial charge in [0.15, 0.2) is 29.8 Å². The van der Waals surface area contributed by atoms with Crippen LogP contribution in [-0.2, 0) is 32.3 Å². The first-order valence-corrected chi connectivity index (χ1v) is 15.9. The molecule has 0 bridgehead atoms. The average Bonchev–Trinajstić information content (AvgIpc) is 3.74. The van der Waals surface area contributed by atoms with Crippen LogP contribution in [0, 0.1) is 5.41 Å². The standard InChI is InChI=1S/C27H25N9O5S3/c1-41-33-19(17-12-44-27(30)31-17)23(37)32-20-24(38)36-21(26(39)40)15(11-43-25(20)36)8-34-4-3-18-13(7-34)2-5-35(18)9-16-6-14(10-42-16)22(28)29/h2-7,10,12,20,25H,8-9,11H2,1H3,(H6-,28,29,30,31,32,37,39,40)/t20-,25-/m1/s1. The predicted octanol–water partition coefficient (Wildman–Crippen LogP) is -0.184. The van der Waals surface area contributed by atoms with Gasteiger partial charge in [-0.05, 0) is 12.1 Å². The van der Waals surface area contributed by atoms with E-state index in [4.69, 9.17) is 21.7 Å². The van der Waals surface area contributed by atoms with Crippen molar-refractivity contribution in [2.75, 3.05) is 18.6 Å². The van der Waals surface area contributed by atoms with Gasteiger partial charge in [-0.3, -0.25) is 19.9 Å². The number of β-lactam (4-membered cyclic amide) rings is 1. The number of aromatic nitrogens is 3. The minimum atomic E-state index is -1.46. The Morgan fingerprint density at radius 3 is 2.82 bits per heavy atom. The summed E-state index contributed by atoms with van der Waals surface area (Å²) in [4.78, 5) is 49.5. The molecular weight excluding hydrogens is 627 g/mol. The molecule has 0 radical (unpaired) electrons. The second-order valence-corrected chi connectivity index (χ2v) is 12.9. The van der Waals surface area contributed by atoms with Crippen LogP contribution in [0.1, 0.15) is 16.1 Å². The maximum atomic E-state index is 13.2. The minimum absolute atomic E-state index is 0.0341. The van der Waals surface area contributed by atoms with Gasteiger partial charge in [0.2, 0.25) is 0 Å². The number of aliphatic carboxylic acids is 1. The first-order valence-electron chi connectivity index (χ1n) is 13.1. The summed E-state index contributed by atoms with van der Waals surface area (Å²) in [5.41, 5.74) is 13.3. The molecule has 0 saturated carbocycles. The van der Waals surface area contributed by atoms with Crippen molar-refractivity contribution in [1.29, 1.82) is 5.41 Å². The lowest BCUT2D eigenvalue weighted by Crippen LogP contribution is -2.71. The van der Waals surface area contributed by atoms with E-state index in [9.17, 15) is 19.5 Å². The molecular formula is C27H25N9O5S3. The fourth-order valence-corrected chi connectivity index (χ4v) is 7.88. The van der Waals surface area contributed by atoms with Crippen LogP contribution in [0.5, 0.6) is 0 Å². The third kappa shape index (κ3) is 5.40. The molecule has 17 heteroatoms. The lowest BCUT2D eigenvalue weighted by atomic mass is 10.0. The number of thioether (sulfide) groups is 1. The highest BCUT2D eigenvalue weighted by Gasteiger charge is 2.53. The van der Waals surface area contributed by atoms with Crippen LogP contribution in [0.4, 0.5) is 5.13 Å². The van der Waals surface area contributed by atoms with Gasteiger partial charge in [0.25, 0.3) is 11.8 Å². The molecule has 2 atom stereocenters. The maximum Gasteiger partial charge on any atom is 0.276 e. The molecule has 4 aromatic rings. The van der Waals surface area contributed by atoms with E-state index >= 15 is 0 Å². The molecule has 226 valence electrons. The van der Waals surface area contributed by atoms with Gasteiger partial charge in [-0.15, -0.1) is 34.4 Å². The second kappa shape index (κ2) is 11.7. The first-order chi connectivity index (χ1) is 21.1. The van der Waals surface area contributed by atoms with Gasteiger partial charge < -0.3 is 36.1 Å². The van der Waals surface area contributed by atoms with Gasteiger partial charge in [-0.25, -0.2) is 9.55 Å². The predicted molar refractivity (Wildman–Crippen MR) is 164 cm³/mol. The van der Waals surface area contributed by atoms with Crippen molar-refractivity contribution in [2.24, 2.45) is 10.9 Å². The molecule has 2 aliphatic heterocycles. The van der Waals surface area contributed by atoms with Crippen LogP contribution < -0.4 is 26.5 Å². The number of nitrogens with zero attached hydrogens (tertiary/aromatic N) is 5. The third-order valence-corrected chi connectivity index (χ3v) is 10.1. The van der Waals surface area contributed by atoms with Gasteiger partial charge >= 0.3 is 0 Å². The Morgan fingerprint density at radius 1 is 1.32 bits per heavy atom. The van der Waals surface area contributed by atoms with Crippen LogP contribution in [0.3, 0.4) is 0 Å². The molecule has 0 aromatic carbocycles. The number of hydrogen-bond donors (Lipinski definition) is 4. The second-order valence-electron chi connectivity index (χ2n) is 9.91. The highest BCUT2D eigenvalue weighted by Crippen LogP contribution is 2.40. The largest absolute Gasteiger partial charge is 0.543 e. The zero-order valence-electron chi connectivity index (χ0n) is 23.1. The third-order valence-electron chi connectivity index (χ3n) is 7.12. The molecule has 1 fully saturated rings. The van der Waals surface area contributed by atoms with Gasteiger partial charge in [-0.1, -0.05) is 5.16 Å². The monoisotopic (exact) mass is 651 g/mol. The number of oxime groups is 1. The topological polar surface area (TPSA) is 209 Å². The number of pyridine rings is 1. The van der Waals surface area contributed by atoms with Crippen LogP contribution in [0.2, 0.25) is 0 Å². The SMILES string of the molecule is CON=C(C(=O)N[C@@H]1C(=O)N2C(C(=O)[O-])=C(C[n+]3ccc4c(ccn4Cc4cc(C(=N)N)cs4)c3)CS[C@H]12)c1csc(N)n1. The number of thiophene rings is 1. The van der Waals surface area contributed by atoms with E-state index in [1.807, 2.05) is 46.7 Å². The quantitative estimate of drug-likeness (QED) is 0.0588. The van der Waals surface area contributed by atoms with E-state index in [0.717, 1.165) is 27.1 Å². The van der Waals surface area contributed by atoms with Crippen molar-refractivity contribution in [3.63, 3.8) is 0 Å². The van der Waals surface area contributed by atoms with Crippen LogP contribution in [-0.4, -0.2) is 68.1 Å². The summed E-state index contributed by atoms with van der Waals surface area (Å²) in [7, 11) is 1.27. The number of nitrogen functional groups attached to an aromatic ring is 2. The van der Waals surface area contributed by atoms with E-state index < -0.39 is 29.2 Å². The number of rotatable bonds is 10. The Bertz CT molecular complexity index is 1890. The summed E-state index contributed by atoms with van der Waals surface area (Å²) >= 11 is 4.01. The number of amides is 2. The minimum Gasteiger partial charge on any atom is -0.543 e. The molecule has 0 unspecified atom stereocenters. The number of carboxylic acid groups (broad SMARTS) is 1. The number of carbonyl (C=O) groups is 3. The molecule has 4 aromatic heterocycles.